The van der Waals surface area contributed by atoms with Crippen molar-refractivity contribution in [2.24, 2.45) is 5.41 Å². The van der Waals surface area contributed by atoms with Crippen molar-refractivity contribution >= 4 is 11.8 Å². The Morgan fingerprint density at radius 2 is 2.00 bits per heavy atom. The fourth-order valence-electron chi connectivity index (χ4n) is 4.61. The first-order valence-electron chi connectivity index (χ1n) is 11.3. The molecule has 5 nitrogen and oxygen atoms in total. The molecule has 2 amide bonds. The van der Waals surface area contributed by atoms with Crippen LogP contribution in [0.2, 0.25) is 0 Å². The fourth-order valence-corrected chi connectivity index (χ4v) is 4.61. The number of aromatic nitrogens is 1. The second-order valence-electron chi connectivity index (χ2n) is 8.70. The normalized spacial score (nSPS) is 17.5. The number of pyridine rings is 1. The van der Waals surface area contributed by atoms with Gasteiger partial charge < -0.3 is 10.2 Å². The highest BCUT2D eigenvalue weighted by Crippen LogP contribution is 2.38. The molecule has 0 bridgehead atoms. The second-order valence-corrected chi connectivity index (χ2v) is 8.70. The van der Waals surface area contributed by atoms with Gasteiger partial charge in [0, 0.05) is 32.0 Å². The zero-order valence-corrected chi connectivity index (χ0v) is 19.0. The second kappa shape index (κ2) is 9.82. The summed E-state index contributed by atoms with van der Waals surface area (Å²) in [5.41, 5.74) is 4.38. The Kier molecular flexibility index (Phi) is 6.68. The highest BCUT2D eigenvalue weighted by Gasteiger charge is 2.46. The molecule has 0 saturated carbocycles. The third-order valence-electron chi connectivity index (χ3n) is 6.31. The van der Waals surface area contributed by atoms with E-state index in [4.69, 9.17) is 0 Å². The topological polar surface area (TPSA) is 62.3 Å². The Balaban J connectivity index is 1.66. The maximum Gasteiger partial charge on any atom is 0.255 e. The zero-order valence-electron chi connectivity index (χ0n) is 19.0. The lowest BCUT2D eigenvalue weighted by Crippen LogP contribution is -2.45. The number of carbonyl (C=O) groups excluding carboxylic acids is 2. The van der Waals surface area contributed by atoms with Crippen molar-refractivity contribution in [1.29, 1.82) is 0 Å². The van der Waals surface area contributed by atoms with E-state index >= 15 is 0 Å². The molecule has 5 heteroatoms. The van der Waals surface area contributed by atoms with Crippen molar-refractivity contribution in [2.75, 3.05) is 19.6 Å². The van der Waals surface area contributed by atoms with E-state index in [9.17, 15) is 9.59 Å². The Labute approximate surface area is 195 Å². The predicted octanol–water partition coefficient (Wildman–Crippen LogP) is 4.43. The van der Waals surface area contributed by atoms with Gasteiger partial charge in [-0.1, -0.05) is 60.2 Å². The van der Waals surface area contributed by atoms with E-state index in [0.29, 0.717) is 38.0 Å². The third kappa shape index (κ3) is 4.87. The summed E-state index contributed by atoms with van der Waals surface area (Å²) in [6.07, 6.45) is 6.06. The van der Waals surface area contributed by atoms with Crippen LogP contribution in [0.3, 0.4) is 0 Å². The highest BCUT2D eigenvalue weighted by molar-refractivity contribution is 5.95. The molecule has 1 saturated heterocycles. The number of rotatable bonds is 7. The van der Waals surface area contributed by atoms with E-state index in [1.54, 1.807) is 35.5 Å². The van der Waals surface area contributed by atoms with Crippen molar-refractivity contribution in [3.63, 3.8) is 0 Å². The molecule has 1 N–H and O–H groups in total. The number of nitrogens with zero attached hydrogens (tertiary/aromatic N) is 2. The molecule has 1 fully saturated rings. The molecular formula is C28H29N3O2. The van der Waals surface area contributed by atoms with Crippen molar-refractivity contribution in [2.45, 2.75) is 19.8 Å². The number of aryl methyl sites for hydroxylation is 1. The first-order chi connectivity index (χ1) is 16.0. The Bertz CT molecular complexity index is 1160. The van der Waals surface area contributed by atoms with Gasteiger partial charge in [0.25, 0.3) is 5.91 Å². The van der Waals surface area contributed by atoms with Gasteiger partial charge >= 0.3 is 0 Å². The van der Waals surface area contributed by atoms with Crippen LogP contribution < -0.4 is 5.32 Å². The number of benzene rings is 2. The van der Waals surface area contributed by atoms with Crippen LogP contribution in [-0.4, -0.2) is 41.3 Å². The van der Waals surface area contributed by atoms with E-state index in [1.165, 1.54) is 5.56 Å². The fraction of sp³-hybridized carbons (Fsp3) is 0.250. The lowest BCUT2D eigenvalue weighted by atomic mass is 9.78. The lowest BCUT2D eigenvalue weighted by Gasteiger charge is -2.29. The molecule has 0 unspecified atom stereocenters. The van der Waals surface area contributed by atoms with Crippen LogP contribution in [0.25, 0.3) is 11.1 Å². The molecule has 0 aliphatic carbocycles. The van der Waals surface area contributed by atoms with Gasteiger partial charge in [0.05, 0.1) is 11.0 Å². The summed E-state index contributed by atoms with van der Waals surface area (Å²) in [5.74, 6) is -0.128. The summed E-state index contributed by atoms with van der Waals surface area (Å²) in [7, 11) is 0. The van der Waals surface area contributed by atoms with Crippen LogP contribution in [0.4, 0.5) is 0 Å². The first kappa shape index (κ1) is 22.5. The predicted molar refractivity (Wildman–Crippen MR) is 131 cm³/mol. The quantitative estimate of drug-likeness (QED) is 0.554. The van der Waals surface area contributed by atoms with Gasteiger partial charge in [0.2, 0.25) is 5.91 Å². The molecule has 4 rings (SSSR count). The summed E-state index contributed by atoms with van der Waals surface area (Å²) in [6, 6.07) is 20.1. The number of nitrogens with one attached hydrogen (secondary N) is 1. The summed E-state index contributed by atoms with van der Waals surface area (Å²) >= 11 is 0. The number of hydrogen-bond acceptors (Lipinski definition) is 3. The molecule has 0 spiro atoms. The van der Waals surface area contributed by atoms with Gasteiger partial charge in [-0.2, -0.15) is 0 Å². The maximum atomic E-state index is 13.4. The monoisotopic (exact) mass is 439 g/mol. The average Bonchev–Trinajstić information content (AvgIpc) is 3.28. The van der Waals surface area contributed by atoms with Crippen LogP contribution in [-0.2, 0) is 11.2 Å². The van der Waals surface area contributed by atoms with Gasteiger partial charge in [-0.25, -0.2) is 0 Å². The molecule has 2 aromatic carbocycles. The largest absolute Gasteiger partial charge is 0.352 e. The molecule has 0 radical (unpaired) electrons. The van der Waals surface area contributed by atoms with Gasteiger partial charge in [-0.3, -0.25) is 14.6 Å². The number of hydrogen-bond donors (Lipinski definition) is 1. The van der Waals surface area contributed by atoms with Gasteiger partial charge in [-0.15, -0.1) is 6.58 Å². The van der Waals surface area contributed by atoms with E-state index in [0.717, 1.165) is 16.7 Å². The molecule has 33 heavy (non-hydrogen) atoms. The smallest absolute Gasteiger partial charge is 0.255 e. The molecule has 168 valence electrons. The van der Waals surface area contributed by atoms with Crippen molar-refractivity contribution in [3.05, 3.63) is 102 Å². The number of amides is 2. The molecule has 3 aromatic rings. The van der Waals surface area contributed by atoms with Gasteiger partial charge in [-0.05, 0) is 48.6 Å². The van der Waals surface area contributed by atoms with Gasteiger partial charge in [0.1, 0.15) is 0 Å². The summed E-state index contributed by atoms with van der Waals surface area (Å²) < 4.78 is 0. The third-order valence-corrected chi connectivity index (χ3v) is 6.31. The van der Waals surface area contributed by atoms with Crippen molar-refractivity contribution in [3.8, 4) is 11.1 Å². The summed E-state index contributed by atoms with van der Waals surface area (Å²) in [4.78, 5) is 32.4. The van der Waals surface area contributed by atoms with Crippen LogP contribution in [0.15, 0.2) is 85.7 Å². The van der Waals surface area contributed by atoms with Crippen LogP contribution in [0, 0.1) is 12.3 Å². The van der Waals surface area contributed by atoms with Crippen LogP contribution in [0.5, 0.6) is 0 Å². The molecule has 1 aliphatic rings. The van der Waals surface area contributed by atoms with Crippen molar-refractivity contribution < 1.29 is 9.59 Å². The molecule has 1 atom stereocenters. The Hall–Kier alpha value is -3.73. The van der Waals surface area contributed by atoms with Crippen molar-refractivity contribution in [1.82, 2.24) is 15.2 Å². The first-order valence-corrected chi connectivity index (χ1v) is 11.3. The van der Waals surface area contributed by atoms with Crippen LogP contribution in [0.1, 0.15) is 27.9 Å². The highest BCUT2D eigenvalue weighted by atomic mass is 16.2. The van der Waals surface area contributed by atoms with E-state index in [-0.39, 0.29) is 11.8 Å². The van der Waals surface area contributed by atoms with E-state index in [2.05, 4.69) is 60.2 Å². The molecular weight excluding hydrogens is 410 g/mol. The van der Waals surface area contributed by atoms with E-state index in [1.807, 2.05) is 12.1 Å². The lowest BCUT2D eigenvalue weighted by molar-refractivity contribution is -0.130. The Morgan fingerprint density at radius 3 is 2.76 bits per heavy atom. The van der Waals surface area contributed by atoms with E-state index < -0.39 is 5.41 Å². The number of likely N-dealkylation sites (tertiary alicyclic amines) is 1. The maximum absolute atomic E-state index is 13.4. The minimum Gasteiger partial charge on any atom is -0.352 e. The minimum absolute atomic E-state index is 0.0390. The van der Waals surface area contributed by atoms with Gasteiger partial charge in [0.15, 0.2) is 0 Å². The Morgan fingerprint density at radius 1 is 1.15 bits per heavy atom. The summed E-state index contributed by atoms with van der Waals surface area (Å²) in [6.45, 7) is 7.10. The standard InChI is InChI=1S/C28H29N3O2/c1-3-14-30-27(33)28(13-16-31(20-28)26(32)24-11-7-15-29-19-24)18-23-9-4-5-12-25(23)22-10-6-8-21(2)17-22/h3-12,15,17,19H,1,13-14,16,18,20H2,2H3,(H,30,33)/t28-/m0/s1. The summed E-state index contributed by atoms with van der Waals surface area (Å²) in [5, 5.41) is 3.00. The molecule has 1 aliphatic heterocycles. The molecule has 2 heterocycles. The SMILES string of the molecule is C=CCNC(=O)[C@]1(Cc2ccccc2-c2cccc(C)c2)CCN(C(=O)c2cccnc2)C1. The molecule has 1 aromatic heterocycles. The average molecular weight is 440 g/mol. The zero-order chi connectivity index (χ0) is 23.3. The van der Waals surface area contributed by atoms with Crippen LogP contribution >= 0.6 is 0 Å². The number of carbonyl (C=O) groups is 2. The minimum atomic E-state index is -0.708.